The van der Waals surface area contributed by atoms with Crippen molar-refractivity contribution in [2.75, 3.05) is 13.7 Å². The van der Waals surface area contributed by atoms with E-state index in [1.807, 2.05) is 14.0 Å². The van der Waals surface area contributed by atoms with Crippen molar-refractivity contribution in [1.29, 1.82) is 0 Å². The van der Waals surface area contributed by atoms with Crippen molar-refractivity contribution in [3.8, 4) is 0 Å². The van der Waals surface area contributed by atoms with Crippen molar-refractivity contribution >= 4 is 0 Å². The quantitative estimate of drug-likeness (QED) is 0.858. The maximum absolute atomic E-state index is 6.01. The molecule has 1 heterocycles. The lowest BCUT2D eigenvalue weighted by atomic mass is 9.84. The van der Waals surface area contributed by atoms with Gasteiger partial charge < -0.3 is 14.6 Å². The van der Waals surface area contributed by atoms with Gasteiger partial charge in [-0.05, 0) is 33.2 Å². The Labute approximate surface area is 115 Å². The van der Waals surface area contributed by atoms with Crippen LogP contribution in [0.3, 0.4) is 0 Å². The third kappa shape index (κ3) is 2.98. The molecule has 19 heavy (non-hydrogen) atoms. The van der Waals surface area contributed by atoms with Crippen LogP contribution in [0.15, 0.2) is 4.52 Å². The molecule has 1 atom stereocenters. The highest BCUT2D eigenvalue weighted by Crippen LogP contribution is 2.39. The fourth-order valence-corrected chi connectivity index (χ4v) is 2.90. The smallest absolute Gasteiger partial charge is 0.243 e. The number of aromatic nitrogens is 2. The molecule has 108 valence electrons. The molecule has 1 aliphatic carbocycles. The number of nitrogens with one attached hydrogen (secondary N) is 1. The topological polar surface area (TPSA) is 60.2 Å². The van der Waals surface area contributed by atoms with Gasteiger partial charge in [-0.15, -0.1) is 0 Å². The van der Waals surface area contributed by atoms with E-state index < -0.39 is 0 Å². The number of hydrogen-bond acceptors (Lipinski definition) is 5. The number of nitrogens with zero attached hydrogens (tertiary/aromatic N) is 2. The largest absolute Gasteiger partial charge is 0.367 e. The van der Waals surface area contributed by atoms with Crippen LogP contribution in [0.2, 0.25) is 0 Å². The van der Waals surface area contributed by atoms with Crippen molar-refractivity contribution in [2.24, 2.45) is 0 Å². The van der Waals surface area contributed by atoms with Crippen LogP contribution in [0.1, 0.15) is 70.1 Å². The van der Waals surface area contributed by atoms with E-state index in [9.17, 15) is 0 Å². The van der Waals surface area contributed by atoms with Gasteiger partial charge in [0.05, 0.1) is 6.04 Å². The summed E-state index contributed by atoms with van der Waals surface area (Å²) in [6, 6.07) is 0.128. The zero-order valence-corrected chi connectivity index (χ0v) is 12.2. The van der Waals surface area contributed by atoms with Gasteiger partial charge in [-0.1, -0.05) is 31.3 Å². The molecule has 5 nitrogen and oxygen atoms in total. The zero-order valence-electron chi connectivity index (χ0n) is 12.2. The molecule has 1 aromatic rings. The van der Waals surface area contributed by atoms with E-state index in [0.717, 1.165) is 25.1 Å². The maximum Gasteiger partial charge on any atom is 0.243 e. The van der Waals surface area contributed by atoms with Crippen LogP contribution in [-0.2, 0) is 10.3 Å². The highest BCUT2D eigenvalue weighted by Gasteiger charge is 2.39. The second kappa shape index (κ2) is 6.48. The first-order chi connectivity index (χ1) is 9.25. The third-order valence-corrected chi connectivity index (χ3v) is 3.99. The van der Waals surface area contributed by atoms with Gasteiger partial charge >= 0.3 is 0 Å². The minimum Gasteiger partial charge on any atom is -0.367 e. The fraction of sp³-hybridized carbons (Fsp3) is 0.857. The lowest BCUT2D eigenvalue weighted by Crippen LogP contribution is -2.33. The van der Waals surface area contributed by atoms with E-state index in [0.29, 0.717) is 12.5 Å². The van der Waals surface area contributed by atoms with Gasteiger partial charge in [0, 0.05) is 6.61 Å². The van der Waals surface area contributed by atoms with Gasteiger partial charge in [0.1, 0.15) is 5.60 Å². The first-order valence-electron chi connectivity index (χ1n) is 7.41. The second-order valence-corrected chi connectivity index (χ2v) is 5.19. The summed E-state index contributed by atoms with van der Waals surface area (Å²) in [6.07, 6.45) is 6.54. The summed E-state index contributed by atoms with van der Waals surface area (Å²) in [5.41, 5.74) is -0.319. The minimum absolute atomic E-state index is 0.128. The van der Waals surface area contributed by atoms with Gasteiger partial charge in [0.15, 0.2) is 0 Å². The van der Waals surface area contributed by atoms with Crippen LogP contribution in [0.4, 0.5) is 0 Å². The molecule has 2 rings (SSSR count). The van der Waals surface area contributed by atoms with E-state index in [1.54, 1.807) is 0 Å². The second-order valence-electron chi connectivity index (χ2n) is 5.19. The van der Waals surface area contributed by atoms with Crippen LogP contribution in [0, 0.1) is 0 Å². The Morgan fingerprint density at radius 3 is 2.63 bits per heavy atom. The summed E-state index contributed by atoms with van der Waals surface area (Å²) < 4.78 is 11.4. The standard InChI is InChI=1S/C14H25N3O2/c1-4-11(15-3)12-16-13(17-19-12)14(18-5-2)9-7-6-8-10-14/h11,15H,4-10H2,1-3H3. The Morgan fingerprint density at radius 2 is 2.05 bits per heavy atom. The molecule has 0 spiro atoms. The molecule has 1 aromatic heterocycles. The molecule has 0 amide bonds. The molecule has 0 saturated heterocycles. The summed E-state index contributed by atoms with van der Waals surface area (Å²) in [7, 11) is 1.91. The predicted molar refractivity (Wildman–Crippen MR) is 72.8 cm³/mol. The van der Waals surface area contributed by atoms with Gasteiger partial charge in [-0.3, -0.25) is 0 Å². The first kappa shape index (κ1) is 14.5. The Kier molecular flexibility index (Phi) is 4.93. The Bertz CT molecular complexity index is 376. The normalized spacial score (nSPS) is 20.4. The monoisotopic (exact) mass is 267 g/mol. The van der Waals surface area contributed by atoms with E-state index in [1.165, 1.54) is 19.3 Å². The molecule has 0 radical (unpaired) electrons. The third-order valence-electron chi connectivity index (χ3n) is 3.99. The highest BCUT2D eigenvalue weighted by atomic mass is 16.5. The Balaban J connectivity index is 2.22. The molecule has 0 bridgehead atoms. The molecular formula is C14H25N3O2. The predicted octanol–water partition coefficient (Wildman–Crippen LogP) is 2.94. The van der Waals surface area contributed by atoms with E-state index in [2.05, 4.69) is 22.4 Å². The van der Waals surface area contributed by atoms with Gasteiger partial charge in [0.2, 0.25) is 11.7 Å². The van der Waals surface area contributed by atoms with Crippen LogP contribution in [0.5, 0.6) is 0 Å². The van der Waals surface area contributed by atoms with Gasteiger partial charge in [-0.25, -0.2) is 0 Å². The summed E-state index contributed by atoms with van der Waals surface area (Å²) in [6.45, 7) is 4.82. The molecule has 1 saturated carbocycles. The van der Waals surface area contributed by atoms with Crippen molar-refractivity contribution in [2.45, 2.75) is 64.0 Å². The van der Waals surface area contributed by atoms with Crippen molar-refractivity contribution in [3.63, 3.8) is 0 Å². The lowest BCUT2D eigenvalue weighted by Gasteiger charge is -2.33. The Hall–Kier alpha value is -0.940. The summed E-state index contributed by atoms with van der Waals surface area (Å²) in [5.74, 6) is 1.41. The molecule has 5 heteroatoms. The van der Waals surface area contributed by atoms with Crippen LogP contribution in [-0.4, -0.2) is 23.8 Å². The minimum atomic E-state index is -0.319. The van der Waals surface area contributed by atoms with Crippen LogP contribution >= 0.6 is 0 Å². The average molecular weight is 267 g/mol. The van der Waals surface area contributed by atoms with Gasteiger partial charge in [0.25, 0.3) is 0 Å². The Morgan fingerprint density at radius 1 is 1.32 bits per heavy atom. The molecule has 1 N–H and O–H groups in total. The molecule has 1 unspecified atom stereocenters. The zero-order chi connectivity index (χ0) is 13.7. The van der Waals surface area contributed by atoms with E-state index in [4.69, 9.17) is 9.26 Å². The van der Waals surface area contributed by atoms with Crippen LogP contribution < -0.4 is 5.32 Å². The number of ether oxygens (including phenoxy) is 1. The molecule has 1 fully saturated rings. The molecule has 0 aromatic carbocycles. The highest BCUT2D eigenvalue weighted by molar-refractivity contribution is 5.05. The van der Waals surface area contributed by atoms with Gasteiger partial charge in [-0.2, -0.15) is 4.98 Å². The maximum atomic E-state index is 6.01. The van der Waals surface area contributed by atoms with Crippen molar-refractivity contribution < 1.29 is 9.26 Å². The number of hydrogen-bond donors (Lipinski definition) is 1. The van der Waals surface area contributed by atoms with E-state index in [-0.39, 0.29) is 11.6 Å². The summed E-state index contributed by atoms with van der Waals surface area (Å²) >= 11 is 0. The molecule has 1 aliphatic rings. The summed E-state index contributed by atoms with van der Waals surface area (Å²) in [4.78, 5) is 4.60. The van der Waals surface area contributed by atoms with Crippen molar-refractivity contribution in [1.82, 2.24) is 15.5 Å². The fourth-order valence-electron chi connectivity index (χ4n) is 2.90. The lowest BCUT2D eigenvalue weighted by molar-refractivity contribution is -0.0777. The first-order valence-corrected chi connectivity index (χ1v) is 7.41. The number of rotatable bonds is 6. The molecule has 0 aliphatic heterocycles. The molecular weight excluding hydrogens is 242 g/mol. The van der Waals surface area contributed by atoms with E-state index >= 15 is 0 Å². The van der Waals surface area contributed by atoms with Crippen molar-refractivity contribution in [3.05, 3.63) is 11.7 Å². The average Bonchev–Trinajstić information content (AvgIpc) is 2.92. The van der Waals surface area contributed by atoms with Crippen LogP contribution in [0.25, 0.3) is 0 Å². The SMILES string of the molecule is CCOC1(c2noc(C(CC)NC)n2)CCCCC1. The summed E-state index contributed by atoms with van der Waals surface area (Å²) in [5, 5.41) is 7.39.